The topological polar surface area (TPSA) is 59.6 Å². The van der Waals surface area contributed by atoms with Crippen molar-refractivity contribution < 1.29 is 14.3 Å². The molecule has 2 heterocycles. The molecular weight excluding hydrogens is 340 g/mol. The molecule has 0 aliphatic carbocycles. The Morgan fingerprint density at radius 1 is 1.24 bits per heavy atom. The molecule has 2 unspecified atom stereocenters. The number of rotatable bonds is 8. The van der Waals surface area contributed by atoms with E-state index in [-0.39, 0.29) is 18.3 Å². The maximum absolute atomic E-state index is 12.2. The van der Waals surface area contributed by atoms with Gasteiger partial charge in [0.1, 0.15) is 12.4 Å². The number of nitrogens with one attached hydrogen (secondary N) is 2. The van der Waals surface area contributed by atoms with Gasteiger partial charge in [-0.1, -0.05) is 12.1 Å². The monoisotopic (exact) mass is 368 g/mol. The van der Waals surface area contributed by atoms with Crippen LogP contribution < -0.4 is 15.4 Å². The highest BCUT2D eigenvalue weighted by Crippen LogP contribution is 2.32. The summed E-state index contributed by atoms with van der Waals surface area (Å²) in [7, 11) is 1.66. The van der Waals surface area contributed by atoms with Gasteiger partial charge in [-0.15, -0.1) is 12.4 Å². The minimum atomic E-state index is 0. The normalized spacial score (nSPS) is 24.4. The molecule has 6 heteroatoms. The molecule has 0 radical (unpaired) electrons. The Kier molecular flexibility index (Phi) is 8.00. The summed E-state index contributed by atoms with van der Waals surface area (Å²) in [6.45, 7) is 1.65. The van der Waals surface area contributed by atoms with E-state index in [1.54, 1.807) is 7.11 Å². The fourth-order valence-electron chi connectivity index (χ4n) is 3.86. The number of carbonyl (C=O) groups is 1. The number of fused-ring (bicyclic) bond motifs is 2. The molecule has 5 nitrogen and oxygen atoms in total. The molecule has 2 saturated heterocycles. The number of halogens is 1. The molecule has 140 valence electrons. The number of piperidine rings is 1. The zero-order valence-electron chi connectivity index (χ0n) is 14.8. The first-order valence-corrected chi connectivity index (χ1v) is 8.96. The minimum Gasteiger partial charge on any atom is -0.491 e. The molecule has 0 spiro atoms. The molecule has 1 aromatic carbocycles. The van der Waals surface area contributed by atoms with Crippen molar-refractivity contribution in [1.82, 2.24) is 10.6 Å². The summed E-state index contributed by atoms with van der Waals surface area (Å²) >= 11 is 0. The molecule has 0 saturated carbocycles. The van der Waals surface area contributed by atoms with Gasteiger partial charge >= 0.3 is 0 Å². The maximum atomic E-state index is 12.2. The van der Waals surface area contributed by atoms with Crippen molar-refractivity contribution in [2.45, 2.75) is 50.7 Å². The van der Waals surface area contributed by atoms with Gasteiger partial charge in [0.15, 0.2) is 0 Å². The van der Waals surface area contributed by atoms with Gasteiger partial charge in [0, 0.05) is 32.2 Å². The fourth-order valence-corrected chi connectivity index (χ4v) is 3.86. The van der Waals surface area contributed by atoms with Crippen LogP contribution in [0, 0.1) is 5.92 Å². The van der Waals surface area contributed by atoms with E-state index in [2.05, 4.69) is 10.6 Å². The van der Waals surface area contributed by atoms with Gasteiger partial charge in [-0.2, -0.15) is 0 Å². The van der Waals surface area contributed by atoms with E-state index < -0.39 is 0 Å². The molecule has 1 amide bonds. The van der Waals surface area contributed by atoms with E-state index in [0.29, 0.717) is 44.2 Å². The van der Waals surface area contributed by atoms with Crippen LogP contribution in [0.5, 0.6) is 5.75 Å². The third-order valence-electron chi connectivity index (χ3n) is 4.99. The average Bonchev–Trinajstić information content (AvgIpc) is 2.92. The van der Waals surface area contributed by atoms with Crippen LogP contribution in [0.15, 0.2) is 24.3 Å². The Balaban J connectivity index is 0.00000225. The number of benzene rings is 1. The van der Waals surface area contributed by atoms with Gasteiger partial charge in [0.2, 0.25) is 5.91 Å². The van der Waals surface area contributed by atoms with Crippen molar-refractivity contribution in [3.8, 4) is 5.75 Å². The quantitative estimate of drug-likeness (QED) is 0.692. The van der Waals surface area contributed by atoms with Gasteiger partial charge < -0.3 is 20.1 Å². The predicted octanol–water partition coefficient (Wildman–Crippen LogP) is 2.67. The number of carbonyl (C=O) groups excluding carboxylic acids is 1. The lowest BCUT2D eigenvalue weighted by Crippen LogP contribution is -2.39. The molecule has 2 atom stereocenters. The number of methoxy groups -OCH3 is 1. The zero-order valence-corrected chi connectivity index (χ0v) is 15.6. The van der Waals surface area contributed by atoms with Crippen LogP contribution in [-0.2, 0) is 16.1 Å². The molecule has 0 aromatic heterocycles. The highest BCUT2D eigenvalue weighted by Gasteiger charge is 2.34. The van der Waals surface area contributed by atoms with Gasteiger partial charge in [0.05, 0.1) is 6.61 Å². The maximum Gasteiger partial charge on any atom is 0.220 e. The average molecular weight is 369 g/mol. The number of ether oxygens (including phenoxy) is 2. The number of hydrogen-bond donors (Lipinski definition) is 2. The highest BCUT2D eigenvalue weighted by molar-refractivity contribution is 5.85. The van der Waals surface area contributed by atoms with Crippen molar-refractivity contribution in [1.29, 1.82) is 0 Å². The molecule has 2 N–H and O–H groups in total. The summed E-state index contributed by atoms with van der Waals surface area (Å²) < 4.78 is 10.6. The lowest BCUT2D eigenvalue weighted by molar-refractivity contribution is -0.122. The molecular formula is C19H29ClN2O3. The first kappa shape index (κ1) is 20.0. The van der Waals surface area contributed by atoms with Crippen LogP contribution in [0.4, 0.5) is 0 Å². The highest BCUT2D eigenvalue weighted by atomic mass is 35.5. The fraction of sp³-hybridized carbons (Fsp3) is 0.632. The minimum absolute atomic E-state index is 0. The van der Waals surface area contributed by atoms with Gasteiger partial charge in [0.25, 0.3) is 0 Å². The molecule has 2 bridgehead atoms. The second kappa shape index (κ2) is 10.00. The second-order valence-electron chi connectivity index (χ2n) is 6.94. The Morgan fingerprint density at radius 3 is 2.72 bits per heavy atom. The number of hydrogen-bond acceptors (Lipinski definition) is 4. The summed E-state index contributed by atoms with van der Waals surface area (Å²) in [5.41, 5.74) is 1.06. The van der Waals surface area contributed by atoms with E-state index in [1.807, 2.05) is 24.3 Å². The summed E-state index contributed by atoms with van der Waals surface area (Å²) in [4.78, 5) is 12.2. The zero-order chi connectivity index (χ0) is 16.8. The Hall–Kier alpha value is -1.30. The van der Waals surface area contributed by atoms with Crippen LogP contribution in [-0.4, -0.2) is 38.3 Å². The predicted molar refractivity (Wildman–Crippen MR) is 100 cm³/mol. The van der Waals surface area contributed by atoms with E-state index in [1.165, 1.54) is 12.8 Å². The molecule has 2 aliphatic rings. The summed E-state index contributed by atoms with van der Waals surface area (Å²) in [5, 5.41) is 6.68. The lowest BCUT2D eigenvalue weighted by atomic mass is 9.89. The lowest BCUT2D eigenvalue weighted by Gasteiger charge is -2.28. The standard InChI is InChI=1S/C19H28N2O3.ClH/c1-23-7-8-24-18-4-2-3-14(11-18)13-20-19(22)12-15-9-16-5-6-17(10-15)21-16;/h2-4,11,15-17,21H,5-10,12-13H2,1H3,(H,20,22);1H. The molecule has 2 aliphatic heterocycles. The molecule has 1 aromatic rings. The summed E-state index contributed by atoms with van der Waals surface area (Å²) in [6.07, 6.45) is 5.50. The SMILES string of the molecule is COCCOc1cccc(CNC(=O)CC2CC3CCC(C2)N3)c1.Cl. The first-order chi connectivity index (χ1) is 11.7. The largest absolute Gasteiger partial charge is 0.491 e. The van der Waals surface area contributed by atoms with Gasteiger partial charge in [-0.25, -0.2) is 0 Å². The summed E-state index contributed by atoms with van der Waals surface area (Å²) in [5.74, 6) is 1.51. The van der Waals surface area contributed by atoms with Crippen LogP contribution in [0.3, 0.4) is 0 Å². The Labute approximate surface area is 156 Å². The van der Waals surface area contributed by atoms with Gasteiger partial charge in [-0.3, -0.25) is 4.79 Å². The van der Waals surface area contributed by atoms with Crippen molar-refractivity contribution in [2.24, 2.45) is 5.92 Å². The van der Waals surface area contributed by atoms with Crippen LogP contribution in [0.1, 0.15) is 37.7 Å². The van der Waals surface area contributed by atoms with Crippen molar-refractivity contribution in [3.05, 3.63) is 29.8 Å². The van der Waals surface area contributed by atoms with E-state index >= 15 is 0 Å². The molecule has 2 fully saturated rings. The van der Waals surface area contributed by atoms with Crippen molar-refractivity contribution in [3.63, 3.8) is 0 Å². The Morgan fingerprint density at radius 2 is 2.00 bits per heavy atom. The van der Waals surface area contributed by atoms with Crippen LogP contribution in [0.2, 0.25) is 0 Å². The number of amides is 1. The summed E-state index contributed by atoms with van der Waals surface area (Å²) in [6, 6.07) is 9.14. The van der Waals surface area contributed by atoms with E-state index in [4.69, 9.17) is 9.47 Å². The van der Waals surface area contributed by atoms with E-state index in [9.17, 15) is 4.79 Å². The van der Waals surface area contributed by atoms with Crippen LogP contribution >= 0.6 is 12.4 Å². The second-order valence-corrected chi connectivity index (χ2v) is 6.94. The first-order valence-electron chi connectivity index (χ1n) is 8.96. The smallest absolute Gasteiger partial charge is 0.220 e. The van der Waals surface area contributed by atoms with E-state index in [0.717, 1.165) is 24.2 Å². The molecule has 25 heavy (non-hydrogen) atoms. The third kappa shape index (κ3) is 6.17. The third-order valence-corrected chi connectivity index (χ3v) is 4.99. The van der Waals surface area contributed by atoms with Crippen molar-refractivity contribution in [2.75, 3.05) is 20.3 Å². The Bertz CT molecular complexity index is 543. The van der Waals surface area contributed by atoms with Gasteiger partial charge in [-0.05, 0) is 49.3 Å². The molecule has 3 rings (SSSR count). The van der Waals surface area contributed by atoms with Crippen molar-refractivity contribution >= 4 is 18.3 Å². The van der Waals surface area contributed by atoms with Crippen LogP contribution in [0.25, 0.3) is 0 Å².